The van der Waals surface area contributed by atoms with Crippen molar-refractivity contribution in [2.45, 2.75) is 13.5 Å². The van der Waals surface area contributed by atoms with Crippen molar-refractivity contribution in [3.63, 3.8) is 0 Å². The molecule has 2 N–H and O–H groups in total. The second-order valence-electron chi connectivity index (χ2n) is 4.89. The summed E-state index contributed by atoms with van der Waals surface area (Å²) in [6.45, 7) is 3.81. The summed E-state index contributed by atoms with van der Waals surface area (Å²) >= 11 is 5.07. The first-order chi connectivity index (χ1) is 10.6. The average molecular weight is 420 g/mol. The normalized spacial score (nSPS) is 10.0. The van der Waals surface area contributed by atoms with Crippen LogP contribution in [-0.4, -0.2) is 26.0 Å². The zero-order valence-electron chi connectivity index (χ0n) is 13.0. The third kappa shape index (κ3) is 6.14. The van der Waals surface area contributed by atoms with E-state index in [1.165, 1.54) is 0 Å². The van der Waals surface area contributed by atoms with Crippen LogP contribution in [0.4, 0.5) is 0 Å². The Labute approximate surface area is 155 Å². The minimum atomic E-state index is -0.0848. The highest BCUT2D eigenvalue weighted by Gasteiger charge is 2.09. The molecule has 0 radical (unpaired) electrons. The summed E-state index contributed by atoms with van der Waals surface area (Å²) in [5.74, 6) is 0.655. The van der Waals surface area contributed by atoms with Crippen LogP contribution < -0.4 is 15.4 Å². The molecule has 0 saturated heterocycles. The van der Waals surface area contributed by atoms with Crippen LogP contribution in [-0.2, 0) is 6.61 Å². The highest BCUT2D eigenvalue weighted by Crippen LogP contribution is 2.24. The molecule has 1 heterocycles. The van der Waals surface area contributed by atoms with E-state index in [9.17, 15) is 4.79 Å². The summed E-state index contributed by atoms with van der Waals surface area (Å²) in [6, 6.07) is 7.56. The minimum Gasteiger partial charge on any atom is -0.489 e. The Balaban J connectivity index is 0.00000264. The van der Waals surface area contributed by atoms with E-state index < -0.39 is 0 Å². The van der Waals surface area contributed by atoms with E-state index in [1.54, 1.807) is 17.4 Å². The highest BCUT2D eigenvalue weighted by atomic mass is 79.9. The molecule has 2 rings (SSSR count). The van der Waals surface area contributed by atoms with Crippen LogP contribution in [0.5, 0.6) is 5.75 Å². The Morgan fingerprint density at radius 2 is 2.09 bits per heavy atom. The van der Waals surface area contributed by atoms with Crippen molar-refractivity contribution < 1.29 is 9.53 Å². The summed E-state index contributed by atoms with van der Waals surface area (Å²) in [7, 11) is 1.85. The van der Waals surface area contributed by atoms with Gasteiger partial charge in [0.05, 0.1) is 3.79 Å². The molecule has 126 valence electrons. The number of halogens is 2. The van der Waals surface area contributed by atoms with Gasteiger partial charge < -0.3 is 15.4 Å². The Morgan fingerprint density at radius 3 is 2.74 bits per heavy atom. The van der Waals surface area contributed by atoms with Crippen LogP contribution in [0.1, 0.15) is 21.5 Å². The van der Waals surface area contributed by atoms with Crippen LogP contribution in [0.2, 0.25) is 0 Å². The van der Waals surface area contributed by atoms with Crippen molar-refractivity contribution in [3.05, 3.63) is 50.1 Å². The lowest BCUT2D eigenvalue weighted by atomic mass is 10.1. The lowest BCUT2D eigenvalue weighted by molar-refractivity contribution is 0.0953. The Morgan fingerprint density at radius 1 is 1.30 bits per heavy atom. The molecule has 0 atom stereocenters. The standard InChI is InChI=1S/C16H19BrN2O2S.ClH/c1-11-3-4-13(16(20)19-6-5-18-2)8-14(11)21-9-12-7-15(17)22-10-12;/h3-4,7-8,10,18H,5-6,9H2,1-2H3,(H,19,20);1H. The second-order valence-corrected chi connectivity index (χ2v) is 7.18. The molecule has 0 saturated carbocycles. The minimum absolute atomic E-state index is 0. The number of ether oxygens (including phenoxy) is 1. The predicted molar refractivity (Wildman–Crippen MR) is 101 cm³/mol. The number of carbonyl (C=O) groups excluding carboxylic acids is 1. The molecule has 0 aliphatic rings. The van der Waals surface area contributed by atoms with Gasteiger partial charge in [0.15, 0.2) is 0 Å². The number of carbonyl (C=O) groups is 1. The monoisotopic (exact) mass is 418 g/mol. The fourth-order valence-corrected chi connectivity index (χ4v) is 3.08. The van der Waals surface area contributed by atoms with Gasteiger partial charge in [0.1, 0.15) is 12.4 Å². The maximum Gasteiger partial charge on any atom is 0.251 e. The number of thiophene rings is 1. The number of hydrogen-bond acceptors (Lipinski definition) is 4. The molecule has 1 aromatic heterocycles. The van der Waals surface area contributed by atoms with Gasteiger partial charge in [-0.15, -0.1) is 23.7 Å². The molecule has 2 aromatic rings. The largest absolute Gasteiger partial charge is 0.489 e. The number of amides is 1. The van der Waals surface area contributed by atoms with Gasteiger partial charge in [0.25, 0.3) is 5.91 Å². The molecule has 0 fully saturated rings. The van der Waals surface area contributed by atoms with Crippen molar-refractivity contribution in [1.29, 1.82) is 0 Å². The quantitative estimate of drug-likeness (QED) is 0.672. The average Bonchev–Trinajstić information content (AvgIpc) is 2.92. The van der Waals surface area contributed by atoms with Crippen LogP contribution in [0.3, 0.4) is 0 Å². The van der Waals surface area contributed by atoms with Gasteiger partial charge in [-0.2, -0.15) is 0 Å². The molecular formula is C16H20BrClN2O2S. The van der Waals surface area contributed by atoms with E-state index >= 15 is 0 Å². The lowest BCUT2D eigenvalue weighted by Gasteiger charge is -2.11. The number of likely N-dealkylation sites (N-methyl/N-ethyl adjacent to an activating group) is 1. The summed E-state index contributed by atoms with van der Waals surface area (Å²) < 4.78 is 6.93. The number of aryl methyl sites for hydroxylation is 1. The van der Waals surface area contributed by atoms with Gasteiger partial charge in [-0.05, 0) is 59.0 Å². The molecule has 7 heteroatoms. The van der Waals surface area contributed by atoms with Gasteiger partial charge in [0, 0.05) is 24.2 Å². The van der Waals surface area contributed by atoms with E-state index in [-0.39, 0.29) is 18.3 Å². The predicted octanol–water partition coefficient (Wildman–Crippen LogP) is 3.77. The molecular weight excluding hydrogens is 400 g/mol. The third-order valence-electron chi connectivity index (χ3n) is 3.13. The van der Waals surface area contributed by atoms with Gasteiger partial charge in [-0.3, -0.25) is 4.79 Å². The number of nitrogens with one attached hydrogen (secondary N) is 2. The SMILES string of the molecule is CNCCNC(=O)c1ccc(C)c(OCc2csc(Br)c2)c1.Cl. The molecule has 0 aliphatic carbocycles. The summed E-state index contributed by atoms with van der Waals surface area (Å²) in [4.78, 5) is 12.1. The van der Waals surface area contributed by atoms with Crippen molar-refractivity contribution in [2.24, 2.45) is 0 Å². The van der Waals surface area contributed by atoms with Crippen molar-refractivity contribution >= 4 is 45.6 Å². The van der Waals surface area contributed by atoms with Crippen molar-refractivity contribution in [2.75, 3.05) is 20.1 Å². The zero-order chi connectivity index (χ0) is 15.9. The van der Waals surface area contributed by atoms with Crippen LogP contribution in [0.15, 0.2) is 33.4 Å². The first-order valence-corrected chi connectivity index (χ1v) is 8.66. The van der Waals surface area contributed by atoms with E-state index in [4.69, 9.17) is 4.74 Å². The third-order valence-corrected chi connectivity index (χ3v) is 4.68. The van der Waals surface area contributed by atoms with Crippen LogP contribution in [0.25, 0.3) is 0 Å². The number of benzene rings is 1. The molecule has 4 nitrogen and oxygen atoms in total. The zero-order valence-corrected chi connectivity index (χ0v) is 16.2. The number of hydrogen-bond donors (Lipinski definition) is 2. The van der Waals surface area contributed by atoms with E-state index in [0.717, 1.165) is 27.2 Å². The molecule has 23 heavy (non-hydrogen) atoms. The van der Waals surface area contributed by atoms with Crippen molar-refractivity contribution in [3.8, 4) is 5.75 Å². The van der Waals surface area contributed by atoms with E-state index in [2.05, 4.69) is 26.6 Å². The highest BCUT2D eigenvalue weighted by molar-refractivity contribution is 9.11. The van der Waals surface area contributed by atoms with Crippen LogP contribution >= 0.6 is 39.7 Å². The molecule has 0 spiro atoms. The van der Waals surface area contributed by atoms with Gasteiger partial charge in [0.2, 0.25) is 0 Å². The lowest BCUT2D eigenvalue weighted by Crippen LogP contribution is -2.30. The van der Waals surface area contributed by atoms with Crippen LogP contribution in [0, 0.1) is 6.92 Å². The Hall–Kier alpha value is -1.08. The molecule has 0 bridgehead atoms. The van der Waals surface area contributed by atoms with Gasteiger partial charge in [-0.25, -0.2) is 0 Å². The first-order valence-electron chi connectivity index (χ1n) is 6.99. The Kier molecular flexibility index (Phi) is 8.62. The maximum absolute atomic E-state index is 12.1. The Bertz CT molecular complexity index is 649. The summed E-state index contributed by atoms with van der Waals surface area (Å²) in [5.41, 5.74) is 2.74. The molecule has 1 amide bonds. The fraction of sp³-hybridized carbons (Fsp3) is 0.312. The maximum atomic E-state index is 12.1. The smallest absolute Gasteiger partial charge is 0.251 e. The van der Waals surface area contributed by atoms with Gasteiger partial charge in [-0.1, -0.05) is 6.07 Å². The molecule has 0 unspecified atom stereocenters. The fourth-order valence-electron chi connectivity index (χ4n) is 1.88. The number of rotatable bonds is 7. The topological polar surface area (TPSA) is 50.4 Å². The van der Waals surface area contributed by atoms with Crippen molar-refractivity contribution in [1.82, 2.24) is 10.6 Å². The second kappa shape index (κ2) is 9.93. The molecule has 1 aromatic carbocycles. The molecule has 0 aliphatic heterocycles. The van der Waals surface area contributed by atoms with Gasteiger partial charge >= 0.3 is 0 Å². The first kappa shape index (κ1) is 20.0. The summed E-state index contributed by atoms with van der Waals surface area (Å²) in [5, 5.41) is 7.90. The van der Waals surface area contributed by atoms with E-state index in [1.807, 2.05) is 37.6 Å². The summed E-state index contributed by atoms with van der Waals surface area (Å²) in [6.07, 6.45) is 0. The van der Waals surface area contributed by atoms with E-state index in [0.29, 0.717) is 18.7 Å².